The summed E-state index contributed by atoms with van der Waals surface area (Å²) in [6, 6.07) is 22.7. The predicted molar refractivity (Wildman–Crippen MR) is 126 cm³/mol. The van der Waals surface area contributed by atoms with Gasteiger partial charge in [-0.2, -0.15) is 0 Å². The Hall–Kier alpha value is -3.57. The summed E-state index contributed by atoms with van der Waals surface area (Å²) in [5, 5.41) is 0.659. The second kappa shape index (κ2) is 8.75. The van der Waals surface area contributed by atoms with E-state index in [1.165, 1.54) is 0 Å². The highest BCUT2D eigenvalue weighted by Crippen LogP contribution is 2.42. The van der Waals surface area contributed by atoms with Crippen molar-refractivity contribution in [2.45, 2.75) is 25.9 Å². The summed E-state index contributed by atoms with van der Waals surface area (Å²) in [6.07, 6.45) is 0.196. The number of anilines is 1. The number of carbonyl (C=O) groups is 2. The lowest BCUT2D eigenvalue weighted by molar-refractivity contribution is -0.136. The van der Waals surface area contributed by atoms with Crippen molar-refractivity contribution in [1.82, 2.24) is 0 Å². The van der Waals surface area contributed by atoms with Crippen LogP contribution in [0.5, 0.6) is 5.75 Å². The van der Waals surface area contributed by atoms with Gasteiger partial charge in [-0.1, -0.05) is 54.1 Å². The van der Waals surface area contributed by atoms with Gasteiger partial charge in [0, 0.05) is 28.6 Å². The zero-order valence-electron chi connectivity index (χ0n) is 18.1. The van der Waals surface area contributed by atoms with Crippen molar-refractivity contribution in [3.63, 3.8) is 0 Å². The number of esters is 1. The van der Waals surface area contributed by atoms with Crippen molar-refractivity contribution >= 4 is 29.2 Å². The molecule has 5 rings (SSSR count). The minimum absolute atomic E-state index is 0.0540. The van der Waals surface area contributed by atoms with Gasteiger partial charge >= 0.3 is 5.97 Å². The van der Waals surface area contributed by atoms with Crippen molar-refractivity contribution in [1.29, 1.82) is 0 Å². The van der Waals surface area contributed by atoms with Crippen molar-refractivity contribution in [2.75, 3.05) is 11.5 Å². The zero-order chi connectivity index (χ0) is 22.9. The maximum Gasteiger partial charge on any atom is 0.336 e. The van der Waals surface area contributed by atoms with E-state index in [1.54, 1.807) is 4.90 Å². The quantitative estimate of drug-likeness (QED) is 0.469. The highest BCUT2D eigenvalue weighted by atomic mass is 35.5. The minimum atomic E-state index is -0.362. The maximum atomic E-state index is 13.2. The average Bonchev–Trinajstić information content (AvgIpc) is 3.19. The number of aryl methyl sites for hydroxylation is 1. The molecule has 0 spiro atoms. The summed E-state index contributed by atoms with van der Waals surface area (Å²) in [5.41, 5.74) is 4.77. The Morgan fingerprint density at radius 1 is 1.03 bits per heavy atom. The van der Waals surface area contributed by atoms with Crippen LogP contribution >= 0.6 is 11.6 Å². The Kier molecular flexibility index (Phi) is 5.65. The number of hydrogen-bond donors (Lipinski definition) is 0. The summed E-state index contributed by atoms with van der Waals surface area (Å²) in [7, 11) is 0. The lowest BCUT2D eigenvalue weighted by Gasteiger charge is -2.32. The van der Waals surface area contributed by atoms with E-state index in [2.05, 4.69) is 0 Å². The molecule has 2 aliphatic rings. The average molecular weight is 460 g/mol. The van der Waals surface area contributed by atoms with Gasteiger partial charge in [0.2, 0.25) is 5.91 Å². The fraction of sp³-hybridized carbons (Fsp3) is 0.185. The molecule has 1 amide bonds. The van der Waals surface area contributed by atoms with Crippen LogP contribution in [0.25, 0.3) is 0 Å². The molecule has 0 saturated carbocycles. The Labute approximate surface area is 197 Å². The fourth-order valence-corrected chi connectivity index (χ4v) is 4.57. The highest BCUT2D eigenvalue weighted by Gasteiger charge is 2.42. The predicted octanol–water partition coefficient (Wildman–Crippen LogP) is 5.56. The summed E-state index contributed by atoms with van der Waals surface area (Å²) in [5.74, 6) is -0.0764. The molecule has 0 N–H and O–H groups in total. The number of nitrogens with zero attached hydrogens (tertiary/aromatic N) is 1. The second-order valence-corrected chi connectivity index (χ2v) is 8.62. The van der Waals surface area contributed by atoms with Gasteiger partial charge in [0.1, 0.15) is 19.0 Å². The topological polar surface area (TPSA) is 55.8 Å². The normalized spacial score (nSPS) is 17.8. The number of carbonyl (C=O) groups excluding carboxylic acids is 2. The van der Waals surface area contributed by atoms with Crippen LogP contribution in [0.2, 0.25) is 5.02 Å². The van der Waals surface area contributed by atoms with Gasteiger partial charge in [0.15, 0.2) is 0 Å². The van der Waals surface area contributed by atoms with E-state index in [0.717, 1.165) is 22.4 Å². The smallest absolute Gasteiger partial charge is 0.336 e. The van der Waals surface area contributed by atoms with Gasteiger partial charge in [-0.3, -0.25) is 9.69 Å². The molecule has 0 bridgehead atoms. The largest absolute Gasteiger partial charge is 0.489 e. The van der Waals surface area contributed by atoms with E-state index in [1.807, 2.05) is 79.7 Å². The first-order chi connectivity index (χ1) is 16.0. The third-order valence-electron chi connectivity index (χ3n) is 6.01. The third-order valence-corrected chi connectivity index (χ3v) is 6.38. The molecule has 3 aromatic carbocycles. The molecule has 33 heavy (non-hydrogen) atoms. The number of rotatable bonds is 5. The SMILES string of the molecule is Cc1cccc(N2C(=O)CC(c3ccc(OCc4ccccc4Cl)cc3)C3=C2COC3=O)c1. The summed E-state index contributed by atoms with van der Waals surface area (Å²) >= 11 is 6.20. The van der Waals surface area contributed by atoms with Gasteiger partial charge in [-0.25, -0.2) is 4.79 Å². The van der Waals surface area contributed by atoms with E-state index < -0.39 is 0 Å². The van der Waals surface area contributed by atoms with Crippen LogP contribution in [0.15, 0.2) is 84.1 Å². The molecule has 166 valence electrons. The second-order valence-electron chi connectivity index (χ2n) is 8.21. The van der Waals surface area contributed by atoms with Crippen LogP contribution in [-0.4, -0.2) is 18.5 Å². The third kappa shape index (κ3) is 4.12. The maximum absolute atomic E-state index is 13.2. The van der Waals surface area contributed by atoms with Gasteiger partial charge in [-0.15, -0.1) is 0 Å². The van der Waals surface area contributed by atoms with Crippen molar-refractivity contribution in [3.8, 4) is 5.75 Å². The van der Waals surface area contributed by atoms with E-state index in [4.69, 9.17) is 21.1 Å². The molecule has 3 aromatic rings. The Morgan fingerprint density at radius 2 is 1.82 bits per heavy atom. The molecule has 0 saturated heterocycles. The monoisotopic (exact) mass is 459 g/mol. The molecule has 6 heteroatoms. The number of cyclic esters (lactones) is 1. The Morgan fingerprint density at radius 3 is 2.58 bits per heavy atom. The van der Waals surface area contributed by atoms with E-state index >= 15 is 0 Å². The van der Waals surface area contributed by atoms with E-state index in [0.29, 0.717) is 28.6 Å². The number of benzene rings is 3. The number of halogens is 1. The summed E-state index contributed by atoms with van der Waals surface area (Å²) < 4.78 is 11.2. The molecule has 0 fully saturated rings. The molecule has 1 atom stereocenters. The van der Waals surface area contributed by atoms with E-state index in [-0.39, 0.29) is 30.8 Å². The van der Waals surface area contributed by atoms with Gasteiger partial charge < -0.3 is 9.47 Å². The first kappa shape index (κ1) is 21.3. The molecule has 2 aliphatic heterocycles. The van der Waals surface area contributed by atoms with Crippen LogP contribution < -0.4 is 9.64 Å². The molecule has 5 nitrogen and oxygen atoms in total. The number of ether oxygens (including phenoxy) is 2. The minimum Gasteiger partial charge on any atom is -0.489 e. The molecule has 0 aliphatic carbocycles. The van der Waals surface area contributed by atoms with Crippen LogP contribution in [0.4, 0.5) is 5.69 Å². The summed E-state index contributed by atoms with van der Waals surface area (Å²) in [6.45, 7) is 2.43. The van der Waals surface area contributed by atoms with Crippen molar-refractivity contribution in [2.24, 2.45) is 0 Å². The Bertz CT molecular complexity index is 1270. The van der Waals surface area contributed by atoms with Gasteiger partial charge in [0.25, 0.3) is 0 Å². The van der Waals surface area contributed by atoms with E-state index in [9.17, 15) is 9.59 Å². The zero-order valence-corrected chi connectivity index (χ0v) is 18.8. The summed E-state index contributed by atoms with van der Waals surface area (Å²) in [4.78, 5) is 27.5. The first-order valence-corrected chi connectivity index (χ1v) is 11.1. The molecular weight excluding hydrogens is 438 g/mol. The van der Waals surface area contributed by atoms with Crippen LogP contribution in [0.3, 0.4) is 0 Å². The van der Waals surface area contributed by atoms with Gasteiger partial charge in [-0.05, 0) is 48.4 Å². The lowest BCUT2D eigenvalue weighted by atomic mass is 9.84. The standard InChI is InChI=1S/C27H22ClNO4/c1-17-5-4-7-20(13-17)29-24-16-33-27(31)26(24)22(14-25(29)30)18-9-11-21(12-10-18)32-15-19-6-2-3-8-23(19)28/h2-13,22H,14-16H2,1H3. The van der Waals surface area contributed by atoms with Crippen molar-refractivity contribution in [3.05, 3.63) is 106 Å². The molecular formula is C27H22ClNO4. The lowest BCUT2D eigenvalue weighted by Crippen LogP contribution is -2.37. The fourth-order valence-electron chi connectivity index (χ4n) is 4.38. The first-order valence-electron chi connectivity index (χ1n) is 10.8. The van der Waals surface area contributed by atoms with Crippen LogP contribution in [0.1, 0.15) is 29.0 Å². The molecule has 0 radical (unpaired) electrons. The van der Waals surface area contributed by atoms with Crippen LogP contribution in [-0.2, 0) is 20.9 Å². The number of amides is 1. The Balaban J connectivity index is 1.41. The molecule has 0 aromatic heterocycles. The molecule has 2 heterocycles. The number of hydrogen-bond acceptors (Lipinski definition) is 4. The van der Waals surface area contributed by atoms with Crippen LogP contribution in [0, 0.1) is 6.92 Å². The van der Waals surface area contributed by atoms with Gasteiger partial charge in [0.05, 0.1) is 11.3 Å². The molecule has 1 unspecified atom stereocenters. The van der Waals surface area contributed by atoms with Crippen molar-refractivity contribution < 1.29 is 19.1 Å². The highest BCUT2D eigenvalue weighted by molar-refractivity contribution is 6.31.